The molecule has 19 heteroatoms. The lowest BCUT2D eigenvalue weighted by Gasteiger charge is -2.21. The number of hydrogen-bond donors (Lipinski definition) is 3. The van der Waals surface area contributed by atoms with Crippen LogP contribution in [-0.2, 0) is 65.4 Å². The normalized spacial score (nSPS) is 14.5. The Morgan fingerprint density at radius 1 is 0.304 bits per heavy atom. The highest BCUT2D eigenvalue weighted by Gasteiger charge is 2.30. The summed E-state index contributed by atoms with van der Waals surface area (Å²) in [5.41, 5.74) is 0. The first-order valence-corrected chi connectivity index (χ1v) is 40.7. The lowest BCUT2D eigenvalue weighted by atomic mass is 9.99. The molecule has 0 aromatic carbocycles. The molecular weight excluding hydrogens is 1210 g/mol. The van der Waals surface area contributed by atoms with Crippen molar-refractivity contribution in [1.29, 1.82) is 0 Å². The van der Waals surface area contributed by atoms with Gasteiger partial charge in [0.2, 0.25) is 0 Å². The molecule has 0 aromatic heterocycles. The van der Waals surface area contributed by atoms with Crippen molar-refractivity contribution in [3.8, 4) is 0 Å². The van der Waals surface area contributed by atoms with Crippen molar-refractivity contribution in [2.75, 3.05) is 39.6 Å². The van der Waals surface area contributed by atoms with Gasteiger partial charge in [-0.05, 0) is 49.4 Å². The van der Waals surface area contributed by atoms with E-state index in [0.29, 0.717) is 37.5 Å². The molecule has 6 atom stereocenters. The van der Waals surface area contributed by atoms with E-state index >= 15 is 0 Å². The molecule has 0 saturated carbocycles. The Balaban J connectivity index is 5.19. The number of aliphatic hydroxyl groups excluding tert-OH is 1. The fraction of sp³-hybridized carbons (Fsp3) is 0.945. The van der Waals surface area contributed by atoms with E-state index in [9.17, 15) is 43.2 Å². The van der Waals surface area contributed by atoms with Crippen LogP contribution >= 0.6 is 15.6 Å². The minimum absolute atomic E-state index is 0.105. The summed E-state index contributed by atoms with van der Waals surface area (Å²) >= 11 is 0. The zero-order valence-corrected chi connectivity index (χ0v) is 62.0. The van der Waals surface area contributed by atoms with E-state index in [2.05, 4.69) is 55.4 Å². The van der Waals surface area contributed by atoms with Gasteiger partial charge in [-0.25, -0.2) is 9.13 Å². The second-order valence-corrected chi connectivity index (χ2v) is 30.9. The maximum atomic E-state index is 13.0. The molecule has 0 rings (SSSR count). The molecule has 0 radical (unpaired) electrons. The molecule has 0 saturated heterocycles. The van der Waals surface area contributed by atoms with E-state index in [4.69, 9.17) is 37.0 Å². The second-order valence-electron chi connectivity index (χ2n) is 28.0. The molecular formula is C73H142O17P2. The van der Waals surface area contributed by atoms with Crippen molar-refractivity contribution in [3.63, 3.8) is 0 Å². The Hall–Kier alpha value is -1.94. The highest BCUT2D eigenvalue weighted by atomic mass is 31.2. The van der Waals surface area contributed by atoms with Gasteiger partial charge < -0.3 is 33.8 Å². The lowest BCUT2D eigenvalue weighted by Crippen LogP contribution is -2.30. The molecule has 3 unspecified atom stereocenters. The average molecular weight is 1350 g/mol. The standard InChI is InChI=1S/C73H142O17P2/c1-9-66(8)52-44-36-26-22-18-14-10-11-15-19-23-27-39-47-55-72(77)89-68(59-83-70(75)53-45-37-31-29-34-42-50-64(4)5)61-87-91(79,80)85-57-67(74)58-86-92(81,82)88-62-69(60-84-71(76)54-46-38-32-30-35-43-51-65(6)7)90-73(78)56-48-40-28-24-20-16-12-13-17-21-25-33-41-49-63(2)3/h63-69,74H,9-62H2,1-8H3,(H,79,80)(H,81,82)/t66?,67-,68-,69-/m1/s1. The van der Waals surface area contributed by atoms with E-state index in [1.54, 1.807) is 0 Å². The van der Waals surface area contributed by atoms with Crippen LogP contribution in [0.3, 0.4) is 0 Å². The average Bonchev–Trinajstić information content (AvgIpc) is 2.69. The number of esters is 4. The third-order valence-corrected chi connectivity index (χ3v) is 19.1. The Morgan fingerprint density at radius 3 is 0.772 bits per heavy atom. The van der Waals surface area contributed by atoms with E-state index < -0.39 is 97.5 Å². The predicted molar refractivity (Wildman–Crippen MR) is 372 cm³/mol. The van der Waals surface area contributed by atoms with E-state index in [1.165, 1.54) is 154 Å². The van der Waals surface area contributed by atoms with Crippen LogP contribution in [0.1, 0.15) is 364 Å². The van der Waals surface area contributed by atoms with Crippen molar-refractivity contribution in [1.82, 2.24) is 0 Å². The molecule has 0 aliphatic heterocycles. The molecule has 0 heterocycles. The first-order chi connectivity index (χ1) is 44.1. The van der Waals surface area contributed by atoms with Crippen LogP contribution in [0.2, 0.25) is 0 Å². The molecule has 0 bridgehead atoms. The maximum Gasteiger partial charge on any atom is 0.472 e. The van der Waals surface area contributed by atoms with E-state index in [0.717, 1.165) is 115 Å². The Morgan fingerprint density at radius 2 is 0.522 bits per heavy atom. The van der Waals surface area contributed by atoms with Gasteiger partial charge in [-0.1, -0.05) is 312 Å². The fourth-order valence-electron chi connectivity index (χ4n) is 11.0. The van der Waals surface area contributed by atoms with Gasteiger partial charge in [0.1, 0.15) is 19.3 Å². The maximum absolute atomic E-state index is 13.0. The zero-order valence-electron chi connectivity index (χ0n) is 60.2. The number of ether oxygens (including phenoxy) is 4. The molecule has 0 fully saturated rings. The van der Waals surface area contributed by atoms with Crippen LogP contribution in [0.4, 0.5) is 0 Å². The highest BCUT2D eigenvalue weighted by molar-refractivity contribution is 7.47. The van der Waals surface area contributed by atoms with Gasteiger partial charge >= 0.3 is 39.5 Å². The van der Waals surface area contributed by atoms with Crippen LogP contribution in [0.15, 0.2) is 0 Å². The first-order valence-electron chi connectivity index (χ1n) is 37.7. The molecule has 92 heavy (non-hydrogen) atoms. The van der Waals surface area contributed by atoms with E-state index in [-0.39, 0.29) is 25.7 Å². The first kappa shape index (κ1) is 90.1. The van der Waals surface area contributed by atoms with Crippen LogP contribution in [-0.4, -0.2) is 96.7 Å². The summed E-state index contributed by atoms with van der Waals surface area (Å²) in [6, 6.07) is 0. The second kappa shape index (κ2) is 62.6. The van der Waals surface area contributed by atoms with Gasteiger partial charge in [-0.15, -0.1) is 0 Å². The van der Waals surface area contributed by atoms with Gasteiger partial charge in [0.15, 0.2) is 12.2 Å². The molecule has 0 amide bonds. The Labute approximate surface area is 562 Å². The third kappa shape index (κ3) is 65.4. The van der Waals surface area contributed by atoms with Gasteiger partial charge in [0, 0.05) is 25.7 Å². The topological polar surface area (TPSA) is 237 Å². The highest BCUT2D eigenvalue weighted by Crippen LogP contribution is 2.45. The Kier molecular flexibility index (Phi) is 61.3. The van der Waals surface area contributed by atoms with E-state index in [1.807, 2.05) is 0 Å². The van der Waals surface area contributed by atoms with Gasteiger partial charge in [0.25, 0.3) is 0 Å². The third-order valence-electron chi connectivity index (χ3n) is 17.2. The fourth-order valence-corrected chi connectivity index (χ4v) is 12.6. The van der Waals surface area contributed by atoms with Crippen molar-refractivity contribution < 1.29 is 80.2 Å². The summed E-state index contributed by atoms with van der Waals surface area (Å²) in [6.07, 6.45) is 46.1. The van der Waals surface area contributed by atoms with Crippen molar-refractivity contribution in [3.05, 3.63) is 0 Å². The summed E-state index contributed by atoms with van der Waals surface area (Å²) < 4.78 is 68.3. The zero-order chi connectivity index (χ0) is 68.2. The smallest absolute Gasteiger partial charge is 0.462 e. The summed E-state index contributed by atoms with van der Waals surface area (Å²) in [6.45, 7) is 14.1. The molecule has 0 aliphatic carbocycles. The molecule has 3 N–H and O–H groups in total. The van der Waals surface area contributed by atoms with Crippen molar-refractivity contribution in [2.45, 2.75) is 382 Å². The minimum Gasteiger partial charge on any atom is -0.462 e. The largest absolute Gasteiger partial charge is 0.472 e. The number of phosphoric acid groups is 2. The lowest BCUT2D eigenvalue weighted by molar-refractivity contribution is -0.161. The van der Waals surface area contributed by atoms with Gasteiger partial charge in [-0.3, -0.25) is 37.3 Å². The van der Waals surface area contributed by atoms with Crippen molar-refractivity contribution >= 4 is 39.5 Å². The molecule has 546 valence electrons. The number of carbonyl (C=O) groups excluding carboxylic acids is 4. The molecule has 17 nitrogen and oxygen atoms in total. The number of rotatable bonds is 70. The summed E-state index contributed by atoms with van der Waals surface area (Å²) in [4.78, 5) is 72.6. The predicted octanol–water partition coefficient (Wildman–Crippen LogP) is 20.9. The summed E-state index contributed by atoms with van der Waals surface area (Å²) in [7, 11) is -9.91. The van der Waals surface area contributed by atoms with Gasteiger partial charge in [0.05, 0.1) is 26.4 Å². The molecule has 0 aliphatic rings. The van der Waals surface area contributed by atoms with Crippen LogP contribution < -0.4 is 0 Å². The molecule has 0 spiro atoms. The van der Waals surface area contributed by atoms with Crippen molar-refractivity contribution in [2.24, 2.45) is 23.7 Å². The summed E-state index contributed by atoms with van der Waals surface area (Å²) in [5, 5.41) is 10.6. The molecule has 0 aromatic rings. The van der Waals surface area contributed by atoms with Crippen LogP contribution in [0.25, 0.3) is 0 Å². The number of carbonyl (C=O) groups is 4. The van der Waals surface area contributed by atoms with Crippen LogP contribution in [0.5, 0.6) is 0 Å². The minimum atomic E-state index is -4.95. The van der Waals surface area contributed by atoms with Crippen LogP contribution in [0, 0.1) is 23.7 Å². The Bertz CT molecular complexity index is 1820. The monoisotopic (exact) mass is 1350 g/mol. The number of hydrogen-bond acceptors (Lipinski definition) is 15. The number of aliphatic hydroxyl groups is 1. The SMILES string of the molecule is CCC(C)CCCCCCCCCCCCCCCCC(=O)O[C@H](COC(=O)CCCCCCCCC(C)C)COP(=O)(O)OC[C@@H](O)COP(=O)(O)OC[C@@H](COC(=O)CCCCCCCCC(C)C)OC(=O)CCCCCCCCCCCCCCCC(C)C. The van der Waals surface area contributed by atoms with Gasteiger partial charge in [-0.2, -0.15) is 0 Å². The quantitative estimate of drug-likeness (QED) is 0.0222. The summed E-state index contributed by atoms with van der Waals surface area (Å²) in [5.74, 6) is 0.862. The number of unbranched alkanes of at least 4 members (excludes halogenated alkanes) is 35. The number of phosphoric ester groups is 2.